The minimum Gasteiger partial charge on any atom is -0.465 e. The van der Waals surface area contributed by atoms with E-state index in [1.54, 1.807) is 0 Å². The largest absolute Gasteiger partial charge is 0.465 e. The Morgan fingerprint density at radius 3 is 1.49 bits per heavy atom. The number of ether oxygens (including phenoxy) is 7. The molecule has 1 N–H and O–H groups in total. The van der Waals surface area contributed by atoms with Crippen LogP contribution in [0.5, 0.6) is 0 Å². The molecule has 49 heavy (non-hydrogen) atoms. The molecule has 0 saturated heterocycles. The number of amides is 1. The molecule has 0 spiro atoms. The van der Waals surface area contributed by atoms with Crippen LogP contribution in [0.25, 0.3) is 11.1 Å². The van der Waals surface area contributed by atoms with Crippen molar-refractivity contribution in [3.8, 4) is 11.1 Å². The normalized spacial score (nSPS) is 12.0. The third kappa shape index (κ3) is 18.7. The standard InChI is InChI=1S/C36H53NO9.CO2/c1-36(2,3)14-16-40-18-20-42-22-24-44-26-27-45-25-23-43-21-19-41-17-15-37-34(38)12-13-35(39)46-28-33-31-10-6-4-8-29(31)30-9-5-7-11-32(30)33;2-1-3/h4-11,33H,12-28H2,1-3H3,(H,37,38);. The lowest BCUT2D eigenvalue weighted by Crippen LogP contribution is -2.28. The molecule has 0 radical (unpaired) electrons. The van der Waals surface area contributed by atoms with Crippen molar-refractivity contribution in [2.75, 3.05) is 92.4 Å². The van der Waals surface area contributed by atoms with Crippen LogP contribution in [-0.2, 0) is 52.3 Å². The van der Waals surface area contributed by atoms with Crippen LogP contribution >= 0.6 is 0 Å². The van der Waals surface area contributed by atoms with Crippen molar-refractivity contribution < 1.29 is 52.3 Å². The summed E-state index contributed by atoms with van der Waals surface area (Å²) in [4.78, 5) is 40.7. The first-order chi connectivity index (χ1) is 23.8. The van der Waals surface area contributed by atoms with Crippen molar-refractivity contribution >= 4 is 18.0 Å². The molecule has 12 nitrogen and oxygen atoms in total. The highest BCUT2D eigenvalue weighted by atomic mass is 16.6. The summed E-state index contributed by atoms with van der Waals surface area (Å²) in [5.74, 6) is -0.580. The maximum absolute atomic E-state index is 12.3. The number of nitrogens with one attached hydrogen (secondary N) is 1. The van der Waals surface area contributed by atoms with Crippen LogP contribution in [0.3, 0.4) is 0 Å². The zero-order valence-electron chi connectivity index (χ0n) is 29.2. The van der Waals surface area contributed by atoms with Crippen molar-refractivity contribution in [1.82, 2.24) is 5.32 Å². The molecule has 0 atom stereocenters. The molecule has 0 heterocycles. The van der Waals surface area contributed by atoms with Gasteiger partial charge in [-0.05, 0) is 34.1 Å². The van der Waals surface area contributed by atoms with Crippen LogP contribution in [0, 0.1) is 5.41 Å². The summed E-state index contributed by atoms with van der Waals surface area (Å²) in [6.07, 6.45) is 1.40. The van der Waals surface area contributed by atoms with Crippen LogP contribution in [0.1, 0.15) is 57.1 Å². The van der Waals surface area contributed by atoms with E-state index in [9.17, 15) is 9.59 Å². The lowest BCUT2D eigenvalue weighted by Gasteiger charge is -2.17. The van der Waals surface area contributed by atoms with E-state index in [2.05, 4.69) is 50.4 Å². The average molecular weight is 688 g/mol. The zero-order valence-corrected chi connectivity index (χ0v) is 29.2. The molecule has 0 bridgehead atoms. The highest BCUT2D eigenvalue weighted by Gasteiger charge is 2.29. The first-order valence-electron chi connectivity index (χ1n) is 16.8. The molecule has 272 valence electrons. The maximum Gasteiger partial charge on any atom is 0.373 e. The van der Waals surface area contributed by atoms with Crippen molar-refractivity contribution in [1.29, 1.82) is 0 Å². The smallest absolute Gasteiger partial charge is 0.373 e. The van der Waals surface area contributed by atoms with Gasteiger partial charge >= 0.3 is 12.1 Å². The minimum atomic E-state index is -0.379. The van der Waals surface area contributed by atoms with Gasteiger partial charge < -0.3 is 38.5 Å². The van der Waals surface area contributed by atoms with Gasteiger partial charge in [-0.15, -0.1) is 0 Å². The molecule has 0 aromatic heterocycles. The molecule has 0 fully saturated rings. The van der Waals surface area contributed by atoms with Gasteiger partial charge in [0, 0.05) is 25.5 Å². The highest BCUT2D eigenvalue weighted by Crippen LogP contribution is 2.44. The van der Waals surface area contributed by atoms with E-state index < -0.39 is 0 Å². The summed E-state index contributed by atoms with van der Waals surface area (Å²) in [5.41, 5.74) is 4.98. The molecular weight excluding hydrogens is 634 g/mol. The Hall–Kier alpha value is -3.48. The van der Waals surface area contributed by atoms with Crippen LogP contribution in [0.2, 0.25) is 0 Å². The van der Waals surface area contributed by atoms with Gasteiger partial charge in [-0.25, -0.2) is 0 Å². The van der Waals surface area contributed by atoms with E-state index >= 15 is 0 Å². The molecule has 0 aliphatic heterocycles. The first kappa shape index (κ1) is 41.7. The summed E-state index contributed by atoms with van der Waals surface area (Å²) < 4.78 is 38.5. The predicted octanol–water partition coefficient (Wildman–Crippen LogP) is 4.19. The van der Waals surface area contributed by atoms with Crippen molar-refractivity contribution in [3.05, 3.63) is 59.7 Å². The Labute approximate surface area is 290 Å². The van der Waals surface area contributed by atoms with Crippen molar-refractivity contribution in [3.63, 3.8) is 0 Å². The number of hydrogen-bond acceptors (Lipinski definition) is 11. The monoisotopic (exact) mass is 687 g/mol. The molecule has 0 saturated carbocycles. The van der Waals surface area contributed by atoms with Gasteiger partial charge in [-0.1, -0.05) is 69.3 Å². The van der Waals surface area contributed by atoms with Crippen molar-refractivity contribution in [2.24, 2.45) is 5.41 Å². The van der Waals surface area contributed by atoms with Crippen LogP contribution < -0.4 is 5.32 Å². The van der Waals surface area contributed by atoms with Gasteiger partial charge in [0.15, 0.2) is 0 Å². The summed E-state index contributed by atoms with van der Waals surface area (Å²) in [7, 11) is 0. The van der Waals surface area contributed by atoms with Gasteiger partial charge in [-0.3, -0.25) is 9.59 Å². The Morgan fingerprint density at radius 2 is 1.04 bits per heavy atom. The fourth-order valence-electron chi connectivity index (χ4n) is 4.83. The Morgan fingerprint density at radius 1 is 0.633 bits per heavy atom. The molecule has 3 rings (SSSR count). The lowest BCUT2D eigenvalue weighted by atomic mass is 9.93. The summed E-state index contributed by atoms with van der Waals surface area (Å²) in [5, 5.41) is 2.76. The molecule has 1 aliphatic carbocycles. The minimum absolute atomic E-state index is 0.00841. The SMILES string of the molecule is CC(C)(C)CCOCCOCCOCCOCCOCCOCCNC(=O)CCC(=O)OCC1c2ccccc2-c2ccccc21.O=C=O. The van der Waals surface area contributed by atoms with Crippen LogP contribution in [0.4, 0.5) is 0 Å². The van der Waals surface area contributed by atoms with Gasteiger partial charge in [0.05, 0.1) is 79.1 Å². The second-order valence-electron chi connectivity index (χ2n) is 12.3. The third-order valence-electron chi connectivity index (χ3n) is 7.35. The number of esters is 1. The molecule has 1 aliphatic rings. The van der Waals surface area contributed by atoms with Gasteiger partial charge in [-0.2, -0.15) is 9.59 Å². The molecule has 2 aromatic rings. The molecule has 1 amide bonds. The predicted molar refractivity (Wildman–Crippen MR) is 181 cm³/mol. The van der Waals surface area contributed by atoms with Gasteiger partial charge in [0.2, 0.25) is 5.91 Å². The molecule has 0 unspecified atom stereocenters. The summed E-state index contributed by atoms with van der Waals surface area (Å²) in [6, 6.07) is 16.4. The second kappa shape index (κ2) is 25.5. The van der Waals surface area contributed by atoms with E-state index in [0.717, 1.165) is 24.2 Å². The van der Waals surface area contributed by atoms with Gasteiger partial charge in [0.25, 0.3) is 0 Å². The average Bonchev–Trinajstić information content (AvgIpc) is 3.40. The van der Waals surface area contributed by atoms with E-state index in [1.807, 2.05) is 24.3 Å². The number of hydrogen-bond donors (Lipinski definition) is 1. The Bertz CT molecular complexity index is 1200. The quantitative estimate of drug-likeness (QED) is 0.119. The van der Waals surface area contributed by atoms with E-state index in [1.165, 1.54) is 11.1 Å². The first-order valence-corrected chi connectivity index (χ1v) is 16.8. The highest BCUT2D eigenvalue weighted by molar-refractivity contribution is 5.82. The number of benzene rings is 2. The third-order valence-corrected chi connectivity index (χ3v) is 7.35. The van der Waals surface area contributed by atoms with Crippen molar-refractivity contribution in [2.45, 2.75) is 46.0 Å². The van der Waals surface area contributed by atoms with Crippen LogP contribution in [0.15, 0.2) is 48.5 Å². The van der Waals surface area contributed by atoms with Gasteiger partial charge in [0.1, 0.15) is 6.61 Å². The fraction of sp³-hybridized carbons (Fsp3) is 0.595. The number of fused-ring (bicyclic) bond motifs is 3. The number of carbonyl (C=O) groups is 2. The summed E-state index contributed by atoms with van der Waals surface area (Å²) >= 11 is 0. The zero-order chi connectivity index (χ0) is 35.6. The molecule has 12 heteroatoms. The topological polar surface area (TPSA) is 145 Å². The molecular formula is C37H53NO11. The van der Waals surface area contributed by atoms with E-state index in [-0.39, 0.29) is 43.4 Å². The Balaban J connectivity index is 0.00000267. The van der Waals surface area contributed by atoms with Crippen LogP contribution in [-0.4, -0.2) is 110 Å². The second-order valence-corrected chi connectivity index (χ2v) is 12.3. The Kier molecular flexibility index (Phi) is 21.7. The number of carbonyl (C=O) groups excluding carboxylic acids is 4. The van der Waals surface area contributed by atoms with E-state index in [0.29, 0.717) is 84.6 Å². The number of rotatable bonds is 25. The lowest BCUT2D eigenvalue weighted by molar-refractivity contribution is -0.191. The molecule has 2 aromatic carbocycles. The summed E-state index contributed by atoms with van der Waals surface area (Å²) in [6.45, 7) is 13.4. The maximum atomic E-state index is 12.3. The fourth-order valence-corrected chi connectivity index (χ4v) is 4.83. The van der Waals surface area contributed by atoms with E-state index in [4.69, 9.17) is 42.7 Å².